The van der Waals surface area contributed by atoms with Gasteiger partial charge in [0.05, 0.1) is 20.3 Å². The van der Waals surface area contributed by atoms with Crippen LogP contribution in [0, 0.1) is 6.92 Å². The van der Waals surface area contributed by atoms with Crippen molar-refractivity contribution in [2.75, 3.05) is 49.4 Å². The molecule has 1 fully saturated rings. The van der Waals surface area contributed by atoms with E-state index in [0.717, 1.165) is 54.0 Å². The minimum Gasteiger partial charge on any atom is -0.497 e. The molecule has 3 rings (SSSR count). The highest BCUT2D eigenvalue weighted by Gasteiger charge is 2.13. The van der Waals surface area contributed by atoms with Crippen molar-refractivity contribution in [2.24, 2.45) is 0 Å². The van der Waals surface area contributed by atoms with E-state index in [-0.39, 0.29) is 5.91 Å². The molecule has 1 saturated heterocycles. The fourth-order valence-corrected chi connectivity index (χ4v) is 3.80. The summed E-state index contributed by atoms with van der Waals surface area (Å²) in [6, 6.07) is 14.1. The van der Waals surface area contributed by atoms with Gasteiger partial charge in [0.25, 0.3) is 0 Å². The van der Waals surface area contributed by atoms with E-state index < -0.39 is 0 Å². The van der Waals surface area contributed by atoms with Crippen LogP contribution in [-0.2, 0) is 9.53 Å². The highest BCUT2D eigenvalue weighted by atomic mass is 32.2. The van der Waals surface area contributed by atoms with Gasteiger partial charge >= 0.3 is 0 Å². The molecule has 5 nitrogen and oxygen atoms in total. The molecule has 144 valence electrons. The summed E-state index contributed by atoms with van der Waals surface area (Å²) in [6.45, 7) is 5.39. The summed E-state index contributed by atoms with van der Waals surface area (Å²) in [5.74, 6) is 1.62. The number of anilines is 2. The largest absolute Gasteiger partial charge is 0.497 e. The average Bonchev–Trinajstić information content (AvgIpc) is 2.71. The molecule has 1 amide bonds. The first-order chi connectivity index (χ1) is 13.2. The summed E-state index contributed by atoms with van der Waals surface area (Å²) in [7, 11) is 1.65. The molecular formula is C21H26N2O3S. The molecular weight excluding hydrogens is 360 g/mol. The molecule has 0 radical (unpaired) electrons. The normalized spacial score (nSPS) is 14.1. The number of carbonyl (C=O) groups excluding carboxylic acids is 1. The number of methoxy groups -OCH3 is 1. The van der Waals surface area contributed by atoms with Crippen LogP contribution in [0.1, 0.15) is 12.0 Å². The number of aryl methyl sites for hydroxylation is 1. The number of rotatable bonds is 7. The Morgan fingerprint density at radius 3 is 2.59 bits per heavy atom. The van der Waals surface area contributed by atoms with Gasteiger partial charge in [-0.05, 0) is 55.0 Å². The molecule has 1 aliphatic heterocycles. The standard InChI is InChI=1S/C21H26N2O3S/c1-16-15-17(23-10-12-26-13-11-23)3-8-20(16)22-21(24)9-14-27-19-6-4-18(25-2)5-7-19/h3-8,15H,9-14H2,1-2H3,(H,22,24). The lowest BCUT2D eigenvalue weighted by atomic mass is 10.1. The van der Waals surface area contributed by atoms with Crippen LogP contribution in [-0.4, -0.2) is 45.1 Å². The van der Waals surface area contributed by atoms with E-state index in [4.69, 9.17) is 9.47 Å². The Kier molecular flexibility index (Phi) is 7.01. The van der Waals surface area contributed by atoms with Crippen LogP contribution in [0.15, 0.2) is 47.4 Å². The molecule has 2 aromatic carbocycles. The van der Waals surface area contributed by atoms with Gasteiger partial charge in [0, 0.05) is 41.5 Å². The fraction of sp³-hybridized carbons (Fsp3) is 0.381. The highest BCUT2D eigenvalue weighted by molar-refractivity contribution is 7.99. The second-order valence-corrected chi connectivity index (χ2v) is 7.59. The smallest absolute Gasteiger partial charge is 0.225 e. The van der Waals surface area contributed by atoms with E-state index in [0.29, 0.717) is 6.42 Å². The Labute approximate surface area is 165 Å². The second kappa shape index (κ2) is 9.67. The van der Waals surface area contributed by atoms with Gasteiger partial charge in [-0.2, -0.15) is 0 Å². The summed E-state index contributed by atoms with van der Waals surface area (Å²) in [5, 5.41) is 3.03. The van der Waals surface area contributed by atoms with Gasteiger partial charge < -0.3 is 19.7 Å². The van der Waals surface area contributed by atoms with Gasteiger partial charge in [0.1, 0.15) is 5.75 Å². The molecule has 0 saturated carbocycles. The molecule has 6 heteroatoms. The van der Waals surface area contributed by atoms with Gasteiger partial charge in [-0.15, -0.1) is 11.8 Å². The second-order valence-electron chi connectivity index (χ2n) is 6.42. The quantitative estimate of drug-likeness (QED) is 0.730. The number of nitrogens with one attached hydrogen (secondary N) is 1. The first kappa shape index (κ1) is 19.6. The molecule has 27 heavy (non-hydrogen) atoms. The van der Waals surface area contributed by atoms with Crippen LogP contribution in [0.2, 0.25) is 0 Å². The van der Waals surface area contributed by atoms with Crippen LogP contribution in [0.5, 0.6) is 5.75 Å². The maximum atomic E-state index is 12.3. The summed E-state index contributed by atoms with van der Waals surface area (Å²) < 4.78 is 10.6. The number of hydrogen-bond acceptors (Lipinski definition) is 5. The van der Waals surface area contributed by atoms with E-state index in [1.807, 2.05) is 37.3 Å². The van der Waals surface area contributed by atoms with Crippen molar-refractivity contribution in [2.45, 2.75) is 18.2 Å². The van der Waals surface area contributed by atoms with Crippen molar-refractivity contribution in [1.29, 1.82) is 0 Å². The number of carbonyl (C=O) groups is 1. The van der Waals surface area contributed by atoms with E-state index in [2.05, 4.69) is 22.3 Å². The van der Waals surface area contributed by atoms with Crippen molar-refractivity contribution < 1.29 is 14.3 Å². The third kappa shape index (κ3) is 5.65. The zero-order valence-corrected chi connectivity index (χ0v) is 16.7. The summed E-state index contributed by atoms with van der Waals surface area (Å²) in [6.07, 6.45) is 0.474. The molecule has 2 aromatic rings. The molecule has 0 spiro atoms. The SMILES string of the molecule is COc1ccc(SCCC(=O)Nc2ccc(N3CCOCC3)cc2C)cc1. The number of hydrogen-bond donors (Lipinski definition) is 1. The van der Waals surface area contributed by atoms with Crippen molar-refractivity contribution in [3.63, 3.8) is 0 Å². The maximum Gasteiger partial charge on any atom is 0.225 e. The van der Waals surface area contributed by atoms with Crippen LogP contribution < -0.4 is 15.0 Å². The number of nitrogens with zero attached hydrogens (tertiary/aromatic N) is 1. The summed E-state index contributed by atoms with van der Waals surface area (Å²) >= 11 is 1.67. The Bertz CT molecular complexity index is 759. The third-order valence-electron chi connectivity index (χ3n) is 4.52. The van der Waals surface area contributed by atoms with Gasteiger partial charge in [-0.1, -0.05) is 0 Å². The molecule has 1 N–H and O–H groups in total. The highest BCUT2D eigenvalue weighted by Crippen LogP contribution is 2.25. The lowest BCUT2D eigenvalue weighted by molar-refractivity contribution is -0.115. The van der Waals surface area contributed by atoms with Crippen molar-refractivity contribution >= 4 is 29.0 Å². The predicted molar refractivity (Wildman–Crippen MR) is 111 cm³/mol. The van der Waals surface area contributed by atoms with Gasteiger partial charge in [-0.25, -0.2) is 0 Å². The molecule has 0 aliphatic carbocycles. The van der Waals surface area contributed by atoms with E-state index in [1.54, 1.807) is 18.9 Å². The Hall–Kier alpha value is -2.18. The molecule has 1 heterocycles. The number of thioether (sulfide) groups is 1. The van der Waals surface area contributed by atoms with Crippen LogP contribution in [0.3, 0.4) is 0 Å². The molecule has 0 unspecified atom stereocenters. The predicted octanol–water partition coefficient (Wildman–Crippen LogP) is 3.96. The van der Waals surface area contributed by atoms with E-state index in [9.17, 15) is 4.79 Å². The molecule has 0 bridgehead atoms. The number of ether oxygens (including phenoxy) is 2. The number of morpholine rings is 1. The average molecular weight is 387 g/mol. The first-order valence-electron chi connectivity index (χ1n) is 9.16. The topological polar surface area (TPSA) is 50.8 Å². The summed E-state index contributed by atoms with van der Waals surface area (Å²) in [5.41, 5.74) is 3.14. The maximum absolute atomic E-state index is 12.3. The van der Waals surface area contributed by atoms with Gasteiger partial charge in [-0.3, -0.25) is 4.79 Å². The Balaban J connectivity index is 1.48. The minimum absolute atomic E-state index is 0.0400. The van der Waals surface area contributed by atoms with Crippen LogP contribution in [0.4, 0.5) is 11.4 Å². The number of amides is 1. The minimum atomic E-state index is 0.0400. The lowest BCUT2D eigenvalue weighted by Crippen LogP contribution is -2.36. The van der Waals surface area contributed by atoms with Crippen molar-refractivity contribution in [3.8, 4) is 5.75 Å². The van der Waals surface area contributed by atoms with Gasteiger partial charge in [0.2, 0.25) is 5.91 Å². The molecule has 1 aliphatic rings. The lowest BCUT2D eigenvalue weighted by Gasteiger charge is -2.29. The van der Waals surface area contributed by atoms with Crippen LogP contribution in [0.25, 0.3) is 0 Å². The Morgan fingerprint density at radius 2 is 1.93 bits per heavy atom. The molecule has 0 aromatic heterocycles. The van der Waals surface area contributed by atoms with Crippen LogP contribution >= 0.6 is 11.8 Å². The third-order valence-corrected chi connectivity index (χ3v) is 5.53. The first-order valence-corrected chi connectivity index (χ1v) is 10.1. The van der Waals surface area contributed by atoms with Crippen molar-refractivity contribution in [1.82, 2.24) is 0 Å². The fourth-order valence-electron chi connectivity index (χ4n) is 2.95. The van der Waals surface area contributed by atoms with Gasteiger partial charge in [0.15, 0.2) is 0 Å². The van der Waals surface area contributed by atoms with Crippen molar-refractivity contribution in [3.05, 3.63) is 48.0 Å². The van der Waals surface area contributed by atoms with E-state index >= 15 is 0 Å². The zero-order chi connectivity index (χ0) is 19.1. The molecule has 0 atom stereocenters. The zero-order valence-electron chi connectivity index (χ0n) is 15.9. The monoisotopic (exact) mass is 386 g/mol. The van der Waals surface area contributed by atoms with E-state index in [1.165, 1.54) is 5.69 Å². The Morgan fingerprint density at radius 1 is 1.19 bits per heavy atom. The summed E-state index contributed by atoms with van der Waals surface area (Å²) in [4.78, 5) is 15.7. The number of benzene rings is 2.